The zero-order valence-electron chi connectivity index (χ0n) is 6.97. The molecule has 0 aromatic carbocycles. The van der Waals surface area contributed by atoms with Crippen LogP contribution in [0.5, 0.6) is 0 Å². The van der Waals surface area contributed by atoms with E-state index in [-0.39, 0.29) is 0 Å². The van der Waals surface area contributed by atoms with E-state index in [2.05, 4.69) is 9.68 Å². The fourth-order valence-corrected chi connectivity index (χ4v) is 0.375. The minimum absolute atomic E-state index is 0.643. The van der Waals surface area contributed by atoms with Gasteiger partial charge in [0.15, 0.2) is 0 Å². The summed E-state index contributed by atoms with van der Waals surface area (Å²) in [5.41, 5.74) is 3.30. The molecule has 0 spiro atoms. The second kappa shape index (κ2) is 5.40. The molecule has 0 aliphatic rings. The highest BCUT2D eigenvalue weighted by Crippen LogP contribution is 2.15. The molecule has 6 nitrogen and oxygen atoms in total. The van der Waals surface area contributed by atoms with Crippen LogP contribution in [0.15, 0.2) is 0 Å². The third-order valence-corrected chi connectivity index (χ3v) is 0.845. The molecular weight excluding hydrogens is 209 g/mol. The standard InChI is InChI=1S/C5H7F3N2O4/c1-13-10-3(11)2-9-14-4(12)5(6,7)8/h9H,2H2,1H3,(H,10,11). The van der Waals surface area contributed by atoms with Gasteiger partial charge in [0.05, 0.1) is 7.11 Å². The topological polar surface area (TPSA) is 76.7 Å². The summed E-state index contributed by atoms with van der Waals surface area (Å²) in [4.78, 5) is 28.2. The van der Waals surface area contributed by atoms with Crippen molar-refractivity contribution in [3.05, 3.63) is 0 Å². The van der Waals surface area contributed by atoms with E-state index in [4.69, 9.17) is 0 Å². The first-order valence-corrected chi connectivity index (χ1v) is 3.20. The highest BCUT2D eigenvalue weighted by Gasteiger charge is 2.41. The summed E-state index contributed by atoms with van der Waals surface area (Å²) in [5, 5.41) is 0. The lowest BCUT2D eigenvalue weighted by molar-refractivity contribution is -0.207. The fraction of sp³-hybridized carbons (Fsp3) is 0.600. The van der Waals surface area contributed by atoms with Gasteiger partial charge in [-0.15, -0.1) is 5.48 Å². The van der Waals surface area contributed by atoms with Crippen molar-refractivity contribution in [2.45, 2.75) is 6.18 Å². The van der Waals surface area contributed by atoms with Crippen molar-refractivity contribution < 1.29 is 32.4 Å². The summed E-state index contributed by atoms with van der Waals surface area (Å²) in [6.45, 7) is -0.643. The van der Waals surface area contributed by atoms with Crippen LogP contribution in [0.25, 0.3) is 0 Å². The molecule has 0 rings (SSSR count). The van der Waals surface area contributed by atoms with Gasteiger partial charge in [0.2, 0.25) is 0 Å². The van der Waals surface area contributed by atoms with Crippen molar-refractivity contribution in [1.29, 1.82) is 0 Å². The lowest BCUT2D eigenvalue weighted by Gasteiger charge is -2.06. The lowest BCUT2D eigenvalue weighted by atomic mass is 10.6. The Labute approximate surface area is 76.3 Å². The summed E-state index contributed by atoms with van der Waals surface area (Å²) >= 11 is 0. The van der Waals surface area contributed by atoms with E-state index in [0.29, 0.717) is 0 Å². The van der Waals surface area contributed by atoms with Crippen molar-refractivity contribution in [3.63, 3.8) is 0 Å². The van der Waals surface area contributed by atoms with Crippen LogP contribution in [-0.2, 0) is 19.3 Å². The van der Waals surface area contributed by atoms with E-state index in [1.165, 1.54) is 5.48 Å². The summed E-state index contributed by atoms with van der Waals surface area (Å²) < 4.78 is 34.4. The predicted octanol–water partition coefficient (Wildman–Crippen LogP) is -0.726. The number of nitrogens with one attached hydrogen (secondary N) is 2. The largest absolute Gasteiger partial charge is 0.492 e. The summed E-state index contributed by atoms with van der Waals surface area (Å²) in [6, 6.07) is 0. The molecule has 0 unspecified atom stereocenters. The van der Waals surface area contributed by atoms with Gasteiger partial charge in [0.1, 0.15) is 6.54 Å². The van der Waals surface area contributed by atoms with Gasteiger partial charge in [-0.2, -0.15) is 13.2 Å². The van der Waals surface area contributed by atoms with E-state index in [1.807, 2.05) is 0 Å². The number of amides is 1. The first-order valence-electron chi connectivity index (χ1n) is 3.20. The molecule has 82 valence electrons. The normalized spacial score (nSPS) is 10.9. The van der Waals surface area contributed by atoms with Crippen LogP contribution in [0, 0.1) is 0 Å². The SMILES string of the molecule is CONC(=O)CNOC(=O)C(F)(F)F. The predicted molar refractivity (Wildman–Crippen MR) is 35.3 cm³/mol. The van der Waals surface area contributed by atoms with Crippen molar-refractivity contribution in [2.75, 3.05) is 13.7 Å². The van der Waals surface area contributed by atoms with Gasteiger partial charge < -0.3 is 4.84 Å². The first-order chi connectivity index (χ1) is 6.38. The number of hydrogen-bond acceptors (Lipinski definition) is 5. The molecule has 0 bridgehead atoms. The van der Waals surface area contributed by atoms with Gasteiger partial charge in [-0.1, -0.05) is 0 Å². The van der Waals surface area contributed by atoms with E-state index in [1.54, 1.807) is 5.48 Å². The van der Waals surface area contributed by atoms with Gasteiger partial charge in [0, 0.05) is 0 Å². The van der Waals surface area contributed by atoms with E-state index in [9.17, 15) is 22.8 Å². The monoisotopic (exact) mass is 216 g/mol. The van der Waals surface area contributed by atoms with Gasteiger partial charge >= 0.3 is 12.1 Å². The number of halogens is 3. The number of rotatable bonds is 4. The molecule has 0 saturated carbocycles. The van der Waals surface area contributed by atoms with Crippen LogP contribution in [-0.4, -0.2) is 31.7 Å². The first kappa shape index (κ1) is 12.7. The summed E-state index contributed by atoms with van der Waals surface area (Å²) in [5.74, 6) is -3.22. The van der Waals surface area contributed by atoms with Crippen molar-refractivity contribution in [1.82, 2.24) is 11.0 Å². The zero-order valence-corrected chi connectivity index (χ0v) is 6.97. The zero-order chi connectivity index (χ0) is 11.2. The second-order valence-corrected chi connectivity index (χ2v) is 1.94. The molecule has 0 radical (unpaired) electrons. The Balaban J connectivity index is 3.65. The van der Waals surface area contributed by atoms with Crippen LogP contribution < -0.4 is 11.0 Å². The third-order valence-electron chi connectivity index (χ3n) is 0.845. The number of alkyl halides is 3. The van der Waals surface area contributed by atoms with Gasteiger partial charge in [-0.25, -0.2) is 10.3 Å². The van der Waals surface area contributed by atoms with Gasteiger partial charge in [-0.05, 0) is 0 Å². The Hall–Kier alpha value is -1.35. The quantitative estimate of drug-likeness (QED) is 0.606. The molecule has 0 aromatic heterocycles. The molecule has 14 heavy (non-hydrogen) atoms. The Kier molecular flexibility index (Phi) is 4.87. The van der Waals surface area contributed by atoms with Crippen molar-refractivity contribution >= 4 is 11.9 Å². The molecule has 0 aromatic rings. The number of hydrogen-bond donors (Lipinski definition) is 2. The minimum atomic E-state index is -5.09. The van der Waals surface area contributed by atoms with Crippen molar-refractivity contribution in [2.24, 2.45) is 0 Å². The molecule has 0 atom stereocenters. The average Bonchev–Trinajstić information content (AvgIpc) is 2.02. The maximum absolute atomic E-state index is 11.5. The molecule has 0 saturated heterocycles. The Morgan fingerprint density at radius 1 is 1.36 bits per heavy atom. The lowest BCUT2D eigenvalue weighted by Crippen LogP contribution is -2.37. The maximum Gasteiger partial charge on any atom is 0.492 e. The third kappa shape index (κ3) is 5.32. The Morgan fingerprint density at radius 3 is 2.36 bits per heavy atom. The van der Waals surface area contributed by atoms with Crippen LogP contribution in [0.3, 0.4) is 0 Å². The second-order valence-electron chi connectivity index (χ2n) is 1.94. The molecule has 1 amide bonds. The van der Waals surface area contributed by atoms with Crippen molar-refractivity contribution in [3.8, 4) is 0 Å². The summed E-state index contributed by atoms with van der Waals surface area (Å²) in [7, 11) is 1.14. The molecule has 0 aliphatic carbocycles. The smallest absolute Gasteiger partial charge is 0.363 e. The van der Waals surface area contributed by atoms with Gasteiger partial charge in [0.25, 0.3) is 5.91 Å². The van der Waals surface area contributed by atoms with Crippen LogP contribution in [0.1, 0.15) is 0 Å². The van der Waals surface area contributed by atoms with Crippen LogP contribution >= 0.6 is 0 Å². The maximum atomic E-state index is 11.5. The van der Waals surface area contributed by atoms with Crippen LogP contribution in [0.2, 0.25) is 0 Å². The van der Waals surface area contributed by atoms with E-state index >= 15 is 0 Å². The Morgan fingerprint density at radius 2 is 1.93 bits per heavy atom. The Bertz CT molecular complexity index is 218. The number of carbonyl (C=O) groups is 2. The number of carbonyl (C=O) groups excluding carboxylic acids is 2. The van der Waals surface area contributed by atoms with E-state index in [0.717, 1.165) is 7.11 Å². The number of hydroxylamine groups is 2. The highest BCUT2D eigenvalue weighted by molar-refractivity contribution is 5.78. The molecule has 0 fully saturated rings. The highest BCUT2D eigenvalue weighted by atomic mass is 19.4. The van der Waals surface area contributed by atoms with Crippen LogP contribution in [0.4, 0.5) is 13.2 Å². The molecular formula is C5H7F3N2O4. The van der Waals surface area contributed by atoms with Gasteiger partial charge in [-0.3, -0.25) is 9.63 Å². The summed E-state index contributed by atoms with van der Waals surface area (Å²) in [6.07, 6.45) is -5.09. The van der Waals surface area contributed by atoms with E-state index < -0.39 is 24.6 Å². The average molecular weight is 216 g/mol. The molecule has 0 aliphatic heterocycles. The molecule has 2 N–H and O–H groups in total. The molecule has 9 heteroatoms. The molecule has 0 heterocycles. The fourth-order valence-electron chi connectivity index (χ4n) is 0.375. The minimum Gasteiger partial charge on any atom is -0.363 e.